The molecule has 35 heavy (non-hydrogen) atoms. The predicted molar refractivity (Wildman–Crippen MR) is 127 cm³/mol. The fraction of sp³-hybridized carbons (Fsp3) is 0.385. The Morgan fingerprint density at radius 1 is 1.09 bits per heavy atom. The molecule has 1 aliphatic heterocycles. The minimum Gasteiger partial charge on any atom is -0.480 e. The highest BCUT2D eigenvalue weighted by Crippen LogP contribution is 2.44. The van der Waals surface area contributed by atoms with E-state index in [1.54, 1.807) is 0 Å². The van der Waals surface area contributed by atoms with Crippen LogP contribution in [0.25, 0.3) is 11.1 Å². The van der Waals surface area contributed by atoms with Crippen molar-refractivity contribution in [3.05, 3.63) is 59.7 Å². The summed E-state index contributed by atoms with van der Waals surface area (Å²) in [4.78, 5) is 48.8. The molecule has 2 aliphatic rings. The first-order chi connectivity index (χ1) is 16.8. The van der Waals surface area contributed by atoms with Crippen LogP contribution in [0.2, 0.25) is 0 Å². The van der Waals surface area contributed by atoms with Gasteiger partial charge in [0.05, 0.1) is 12.3 Å². The third-order valence-electron chi connectivity index (χ3n) is 6.40. The van der Waals surface area contributed by atoms with Crippen LogP contribution in [0.1, 0.15) is 43.7 Å². The predicted octanol–water partition coefficient (Wildman–Crippen LogP) is 2.90. The van der Waals surface area contributed by atoms with E-state index >= 15 is 0 Å². The lowest BCUT2D eigenvalue weighted by molar-refractivity contribution is -0.152. The van der Waals surface area contributed by atoms with Gasteiger partial charge in [0, 0.05) is 12.5 Å². The first-order valence-electron chi connectivity index (χ1n) is 11.7. The van der Waals surface area contributed by atoms with Crippen molar-refractivity contribution < 1.29 is 29.0 Å². The van der Waals surface area contributed by atoms with Crippen LogP contribution >= 0.6 is 0 Å². The molecule has 0 saturated carbocycles. The van der Waals surface area contributed by atoms with E-state index in [1.807, 2.05) is 50.2 Å². The van der Waals surface area contributed by atoms with Crippen molar-refractivity contribution in [1.82, 2.24) is 15.8 Å². The Hall–Kier alpha value is -3.88. The number of nitrogens with one attached hydrogen (secondary N) is 2. The average Bonchev–Trinajstić information content (AvgIpc) is 3.38. The molecule has 1 fully saturated rings. The Balaban J connectivity index is 1.39. The van der Waals surface area contributed by atoms with Crippen LogP contribution in [-0.2, 0) is 19.1 Å². The monoisotopic (exact) mass is 479 g/mol. The van der Waals surface area contributed by atoms with E-state index in [4.69, 9.17) is 4.74 Å². The fourth-order valence-corrected chi connectivity index (χ4v) is 4.82. The fourth-order valence-electron chi connectivity index (χ4n) is 4.82. The van der Waals surface area contributed by atoms with Gasteiger partial charge in [-0.1, -0.05) is 62.4 Å². The number of hydrazine groups is 1. The highest BCUT2D eigenvalue weighted by atomic mass is 16.5. The number of hydrogen-bond donors (Lipinski definition) is 3. The minimum atomic E-state index is -1.26. The number of nitrogens with zero attached hydrogens (tertiary/aromatic N) is 1. The van der Waals surface area contributed by atoms with E-state index in [0.29, 0.717) is 6.42 Å². The second kappa shape index (κ2) is 10.2. The van der Waals surface area contributed by atoms with Gasteiger partial charge in [-0.25, -0.2) is 14.6 Å². The largest absolute Gasteiger partial charge is 0.480 e. The summed E-state index contributed by atoms with van der Waals surface area (Å²) < 4.78 is 5.54. The second-order valence-electron chi connectivity index (χ2n) is 9.33. The number of fused-ring (bicyclic) bond motifs is 3. The summed E-state index contributed by atoms with van der Waals surface area (Å²) in [5, 5.41) is 12.9. The van der Waals surface area contributed by atoms with Crippen LogP contribution in [0.15, 0.2) is 48.5 Å². The molecule has 9 nitrogen and oxygen atoms in total. The summed E-state index contributed by atoms with van der Waals surface area (Å²) in [6, 6.07) is 14.8. The van der Waals surface area contributed by atoms with E-state index in [9.17, 15) is 24.3 Å². The molecule has 2 aromatic rings. The number of alkyl carbamates (subject to hydrolysis) is 1. The van der Waals surface area contributed by atoms with Gasteiger partial charge in [0.15, 0.2) is 6.04 Å². The number of rotatable bonds is 8. The molecule has 2 atom stereocenters. The zero-order chi connectivity index (χ0) is 25.1. The van der Waals surface area contributed by atoms with Gasteiger partial charge in [0.1, 0.15) is 6.61 Å². The van der Waals surface area contributed by atoms with Crippen molar-refractivity contribution in [2.75, 3.05) is 13.2 Å². The normalized spacial score (nSPS) is 17.5. The van der Waals surface area contributed by atoms with Crippen LogP contribution in [0, 0.1) is 11.8 Å². The van der Waals surface area contributed by atoms with Crippen molar-refractivity contribution in [2.45, 2.75) is 38.6 Å². The van der Waals surface area contributed by atoms with Crippen LogP contribution in [0.5, 0.6) is 0 Å². The number of benzene rings is 2. The number of carbonyl (C=O) groups excluding carboxylic acids is 3. The van der Waals surface area contributed by atoms with Gasteiger partial charge in [0.25, 0.3) is 0 Å². The summed E-state index contributed by atoms with van der Waals surface area (Å²) >= 11 is 0. The van der Waals surface area contributed by atoms with Crippen molar-refractivity contribution in [1.29, 1.82) is 0 Å². The molecule has 3 amide bonds. The van der Waals surface area contributed by atoms with Gasteiger partial charge in [0.2, 0.25) is 11.8 Å². The quantitative estimate of drug-likeness (QED) is 0.535. The molecule has 2 unspecified atom stereocenters. The summed E-state index contributed by atoms with van der Waals surface area (Å²) in [5.74, 6) is -3.03. The number of amides is 3. The first-order valence-corrected chi connectivity index (χ1v) is 11.7. The number of aliphatic carboxylic acids is 1. The zero-order valence-electron chi connectivity index (χ0n) is 19.7. The van der Waals surface area contributed by atoms with E-state index in [0.717, 1.165) is 27.3 Å². The van der Waals surface area contributed by atoms with E-state index in [2.05, 4.69) is 22.9 Å². The summed E-state index contributed by atoms with van der Waals surface area (Å²) in [6.07, 6.45) is -0.551. The standard InChI is InChI=1S/C26H29N3O6/c1-15(2)11-16(24(31)29-22(25(32)33)12-23(30)28-29)13-27-26(34)35-14-21-19-9-5-3-7-17(19)18-8-4-6-10-20(18)21/h3-10,15-16,21-22H,11-14H2,1-2H3,(H,27,34)(H,28,30)(H,32,33). The van der Waals surface area contributed by atoms with E-state index < -0.39 is 35.8 Å². The highest BCUT2D eigenvalue weighted by Gasteiger charge is 2.41. The van der Waals surface area contributed by atoms with Crippen LogP contribution in [-0.4, -0.2) is 53.2 Å². The molecule has 4 rings (SSSR count). The molecule has 0 radical (unpaired) electrons. The van der Waals surface area contributed by atoms with Crippen molar-refractivity contribution in [3.63, 3.8) is 0 Å². The molecule has 1 aliphatic carbocycles. The van der Waals surface area contributed by atoms with Crippen LogP contribution in [0.4, 0.5) is 4.79 Å². The lowest BCUT2D eigenvalue weighted by Crippen LogP contribution is -2.51. The maximum Gasteiger partial charge on any atom is 0.407 e. The summed E-state index contributed by atoms with van der Waals surface area (Å²) in [5.41, 5.74) is 6.77. The second-order valence-corrected chi connectivity index (χ2v) is 9.33. The van der Waals surface area contributed by atoms with Gasteiger partial charge in [-0.05, 0) is 34.6 Å². The van der Waals surface area contributed by atoms with Crippen molar-refractivity contribution in [3.8, 4) is 11.1 Å². The average molecular weight is 480 g/mol. The van der Waals surface area contributed by atoms with Gasteiger partial charge < -0.3 is 15.2 Å². The zero-order valence-corrected chi connectivity index (χ0v) is 19.7. The molecular formula is C26H29N3O6. The maximum atomic E-state index is 13.1. The first kappa shape index (κ1) is 24.3. The Morgan fingerprint density at radius 2 is 1.69 bits per heavy atom. The Morgan fingerprint density at radius 3 is 2.26 bits per heavy atom. The van der Waals surface area contributed by atoms with Crippen LogP contribution in [0.3, 0.4) is 0 Å². The van der Waals surface area contributed by atoms with Gasteiger partial charge in [-0.2, -0.15) is 0 Å². The number of ether oxygens (including phenoxy) is 1. The lowest BCUT2D eigenvalue weighted by Gasteiger charge is -2.27. The molecule has 3 N–H and O–H groups in total. The van der Waals surface area contributed by atoms with Crippen molar-refractivity contribution in [2.24, 2.45) is 11.8 Å². The molecule has 0 bridgehead atoms. The molecule has 0 aromatic heterocycles. The number of carboxylic acids is 1. The lowest BCUT2D eigenvalue weighted by atomic mass is 9.95. The van der Waals surface area contributed by atoms with Gasteiger partial charge >= 0.3 is 12.1 Å². The molecule has 1 saturated heterocycles. The number of hydrogen-bond acceptors (Lipinski definition) is 5. The van der Waals surface area contributed by atoms with Gasteiger partial charge in [-0.3, -0.25) is 15.0 Å². The SMILES string of the molecule is CC(C)CC(CNC(=O)OCC1c2ccccc2-c2ccccc21)C(=O)N1NC(=O)CC1C(=O)O. The number of carbonyl (C=O) groups is 4. The molecule has 184 valence electrons. The van der Waals surface area contributed by atoms with Crippen molar-refractivity contribution >= 4 is 23.9 Å². The smallest absolute Gasteiger partial charge is 0.407 e. The third-order valence-corrected chi connectivity index (χ3v) is 6.40. The van der Waals surface area contributed by atoms with E-state index in [1.165, 1.54) is 0 Å². The third kappa shape index (κ3) is 5.13. The minimum absolute atomic E-state index is 0.0353. The maximum absolute atomic E-state index is 13.1. The molecule has 2 aromatic carbocycles. The van der Waals surface area contributed by atoms with E-state index in [-0.39, 0.29) is 31.4 Å². The Bertz CT molecular complexity index is 1100. The molecule has 0 spiro atoms. The molecule has 1 heterocycles. The number of carboxylic acid groups (broad SMARTS) is 1. The topological polar surface area (TPSA) is 125 Å². The highest BCUT2D eigenvalue weighted by molar-refractivity contribution is 5.94. The van der Waals surface area contributed by atoms with Gasteiger partial charge in [-0.15, -0.1) is 0 Å². The summed E-state index contributed by atoms with van der Waals surface area (Å²) in [7, 11) is 0. The molecule has 9 heteroatoms. The Kier molecular flexibility index (Phi) is 7.04. The molecular weight excluding hydrogens is 450 g/mol. The Labute approximate surface area is 203 Å². The summed E-state index contributed by atoms with van der Waals surface area (Å²) in [6.45, 7) is 3.95. The van der Waals surface area contributed by atoms with Crippen LogP contribution < -0.4 is 10.7 Å².